The number of halogens is 1. The van der Waals surface area contributed by atoms with Gasteiger partial charge in [0.2, 0.25) is 0 Å². The molecule has 0 aromatic rings. The van der Waals surface area contributed by atoms with Gasteiger partial charge < -0.3 is 0 Å². The number of rotatable bonds is 1. The van der Waals surface area contributed by atoms with Gasteiger partial charge in [0.15, 0.2) is 5.03 Å². The van der Waals surface area contributed by atoms with Crippen LogP contribution < -0.4 is 5.14 Å². The molecule has 2 N–H and O–H groups in total. The van der Waals surface area contributed by atoms with Gasteiger partial charge in [-0.2, -0.15) is 0 Å². The Morgan fingerprint density at radius 3 is 2.71 bits per heavy atom. The second kappa shape index (κ2) is 3.95. The van der Waals surface area contributed by atoms with Crippen LogP contribution in [0.15, 0.2) is 27.1 Å². The molecule has 0 fully saturated rings. The van der Waals surface area contributed by atoms with E-state index in [-0.39, 0.29) is 13.4 Å². The Balaban J connectivity index is 3.29. The maximum atomic E-state index is 11.1. The van der Waals surface area contributed by atoms with Crippen molar-refractivity contribution >= 4 is 51.5 Å². The lowest BCUT2D eigenvalue weighted by Gasteiger charge is -2.08. The standard InChI is InChI=1S/C7H9IN2O2S2/c1-7(8)3-2-5(13)6(10-4-7)14(9,11)12/h2-4,13H,1H3,(H2,9,11,12). The van der Waals surface area contributed by atoms with Crippen molar-refractivity contribution in [3.63, 3.8) is 0 Å². The van der Waals surface area contributed by atoms with Crippen LogP contribution in [0.3, 0.4) is 0 Å². The summed E-state index contributed by atoms with van der Waals surface area (Å²) in [6, 6.07) is 0. The first-order chi connectivity index (χ1) is 6.22. The topological polar surface area (TPSA) is 72.5 Å². The van der Waals surface area contributed by atoms with Crippen LogP contribution in [0.4, 0.5) is 0 Å². The third kappa shape index (κ3) is 3.07. The molecule has 78 valence electrons. The van der Waals surface area contributed by atoms with Crippen molar-refractivity contribution in [3.8, 4) is 0 Å². The maximum absolute atomic E-state index is 11.1. The molecule has 7 heteroatoms. The van der Waals surface area contributed by atoms with E-state index in [4.69, 9.17) is 5.14 Å². The van der Waals surface area contributed by atoms with Gasteiger partial charge in [0.25, 0.3) is 10.0 Å². The van der Waals surface area contributed by atoms with Crippen molar-refractivity contribution in [1.82, 2.24) is 0 Å². The van der Waals surface area contributed by atoms with Gasteiger partial charge in [-0.05, 0) is 13.0 Å². The first-order valence-electron chi connectivity index (χ1n) is 3.62. The SMILES string of the molecule is CC1(I)C=CC(S)=C(S(N)(=O)=O)N=C1. The molecule has 0 spiro atoms. The molecule has 0 saturated heterocycles. The normalized spacial score (nSPS) is 28.0. The quantitative estimate of drug-likeness (QED) is 0.426. The lowest BCUT2D eigenvalue weighted by Crippen LogP contribution is -2.16. The van der Waals surface area contributed by atoms with Crippen molar-refractivity contribution < 1.29 is 8.42 Å². The zero-order valence-corrected chi connectivity index (χ0v) is 11.2. The molecule has 0 aromatic heterocycles. The molecule has 0 aromatic carbocycles. The molecular weight excluding hydrogens is 335 g/mol. The van der Waals surface area contributed by atoms with Crippen LogP contribution >= 0.6 is 35.2 Å². The molecule has 1 atom stereocenters. The van der Waals surface area contributed by atoms with Crippen molar-refractivity contribution in [2.45, 2.75) is 10.3 Å². The molecule has 14 heavy (non-hydrogen) atoms. The summed E-state index contributed by atoms with van der Waals surface area (Å²) in [5.41, 5.74) is 0. The molecule has 1 aliphatic rings. The van der Waals surface area contributed by atoms with Crippen LogP contribution in [0.25, 0.3) is 0 Å². The van der Waals surface area contributed by atoms with Crippen LogP contribution in [0.5, 0.6) is 0 Å². The predicted octanol–water partition coefficient (Wildman–Crippen LogP) is 1.21. The van der Waals surface area contributed by atoms with Crippen LogP contribution in [0, 0.1) is 0 Å². The number of nitrogens with two attached hydrogens (primary N) is 1. The van der Waals surface area contributed by atoms with Crippen molar-refractivity contribution in [3.05, 3.63) is 22.1 Å². The van der Waals surface area contributed by atoms with Gasteiger partial charge in [-0.15, -0.1) is 12.6 Å². The Morgan fingerprint density at radius 2 is 2.21 bits per heavy atom. The van der Waals surface area contributed by atoms with E-state index < -0.39 is 10.0 Å². The van der Waals surface area contributed by atoms with Gasteiger partial charge in [0.05, 0.1) is 3.42 Å². The van der Waals surface area contributed by atoms with Gasteiger partial charge in [0, 0.05) is 11.1 Å². The Labute approximate surface area is 102 Å². The Bertz CT molecular complexity index is 435. The molecule has 0 radical (unpaired) electrons. The average Bonchev–Trinajstić information content (AvgIpc) is 2.09. The Morgan fingerprint density at radius 1 is 1.64 bits per heavy atom. The average molecular weight is 344 g/mol. The lowest BCUT2D eigenvalue weighted by molar-refractivity contribution is 0.603. The minimum Gasteiger partial charge on any atom is -0.245 e. The van der Waals surface area contributed by atoms with Crippen LogP contribution in [-0.4, -0.2) is 18.1 Å². The lowest BCUT2D eigenvalue weighted by atomic mass is 10.2. The molecule has 0 saturated carbocycles. The Kier molecular flexibility index (Phi) is 3.45. The van der Waals surface area contributed by atoms with Crippen molar-refractivity contribution in [1.29, 1.82) is 0 Å². The van der Waals surface area contributed by atoms with Crippen molar-refractivity contribution in [2.24, 2.45) is 10.1 Å². The molecule has 4 nitrogen and oxygen atoms in total. The highest BCUT2D eigenvalue weighted by atomic mass is 127. The molecule has 1 aliphatic heterocycles. The highest BCUT2D eigenvalue weighted by Gasteiger charge is 2.21. The number of primary sulfonamides is 1. The van der Waals surface area contributed by atoms with Crippen LogP contribution in [0.2, 0.25) is 0 Å². The molecule has 1 rings (SSSR count). The fourth-order valence-electron chi connectivity index (χ4n) is 0.826. The second-order valence-corrected chi connectivity index (χ2v) is 7.26. The summed E-state index contributed by atoms with van der Waals surface area (Å²) < 4.78 is 21.8. The van der Waals surface area contributed by atoms with E-state index in [0.29, 0.717) is 0 Å². The van der Waals surface area contributed by atoms with Crippen molar-refractivity contribution in [2.75, 3.05) is 0 Å². The summed E-state index contributed by atoms with van der Waals surface area (Å²) in [5, 5.41) is 4.78. The largest absolute Gasteiger partial charge is 0.256 e. The molecule has 0 aliphatic carbocycles. The van der Waals surface area contributed by atoms with Gasteiger partial charge >= 0.3 is 0 Å². The highest BCUT2D eigenvalue weighted by Crippen LogP contribution is 2.25. The number of sulfonamides is 1. The zero-order chi connectivity index (χ0) is 11.0. The van der Waals surface area contributed by atoms with E-state index in [9.17, 15) is 8.42 Å². The van der Waals surface area contributed by atoms with E-state index >= 15 is 0 Å². The van der Waals surface area contributed by atoms with Gasteiger partial charge in [0.1, 0.15) is 0 Å². The molecule has 1 heterocycles. The molecule has 0 bridgehead atoms. The summed E-state index contributed by atoms with van der Waals surface area (Å²) in [4.78, 5) is 4.08. The maximum Gasteiger partial charge on any atom is 0.256 e. The monoisotopic (exact) mass is 344 g/mol. The number of hydrogen-bond donors (Lipinski definition) is 2. The van der Waals surface area contributed by atoms with Crippen LogP contribution in [0.1, 0.15) is 6.92 Å². The number of allylic oxidation sites excluding steroid dienone is 2. The van der Waals surface area contributed by atoms with Gasteiger partial charge in [-0.1, -0.05) is 28.7 Å². The minimum atomic E-state index is -3.80. The summed E-state index contributed by atoms with van der Waals surface area (Å²) in [5.74, 6) is 0. The van der Waals surface area contributed by atoms with E-state index in [0.717, 1.165) is 0 Å². The van der Waals surface area contributed by atoms with E-state index in [1.165, 1.54) is 6.21 Å². The number of aliphatic imine (C=N–C) groups is 1. The second-order valence-electron chi connectivity index (χ2n) is 2.98. The predicted molar refractivity (Wildman–Crippen MR) is 69.2 cm³/mol. The number of nitrogens with zero attached hydrogens (tertiary/aromatic N) is 1. The zero-order valence-electron chi connectivity index (χ0n) is 7.31. The molecular formula is C7H9IN2O2S2. The first kappa shape index (κ1) is 12.2. The third-order valence-corrected chi connectivity index (χ3v) is 3.50. The van der Waals surface area contributed by atoms with Gasteiger partial charge in [-0.3, -0.25) is 0 Å². The fourth-order valence-corrected chi connectivity index (χ4v) is 2.22. The molecule has 0 amide bonds. The number of thiol groups is 1. The highest BCUT2D eigenvalue weighted by molar-refractivity contribution is 14.1. The first-order valence-corrected chi connectivity index (χ1v) is 6.69. The summed E-state index contributed by atoms with van der Waals surface area (Å²) >= 11 is 6.14. The summed E-state index contributed by atoms with van der Waals surface area (Å²) in [6.45, 7) is 1.89. The minimum absolute atomic E-state index is 0.197. The van der Waals surface area contributed by atoms with E-state index in [1.807, 2.05) is 6.92 Å². The van der Waals surface area contributed by atoms with E-state index in [1.54, 1.807) is 12.2 Å². The third-order valence-electron chi connectivity index (χ3n) is 1.49. The number of alkyl halides is 1. The van der Waals surface area contributed by atoms with Crippen LogP contribution in [-0.2, 0) is 10.0 Å². The summed E-state index contributed by atoms with van der Waals surface area (Å²) in [6.07, 6.45) is 4.91. The fraction of sp³-hybridized carbons (Fsp3) is 0.286. The Hall–Kier alpha value is 0.140. The summed E-state index contributed by atoms with van der Waals surface area (Å²) in [7, 11) is -3.80. The smallest absolute Gasteiger partial charge is 0.245 e. The van der Waals surface area contributed by atoms with Gasteiger partial charge in [-0.25, -0.2) is 18.5 Å². The van der Waals surface area contributed by atoms with E-state index in [2.05, 4.69) is 40.2 Å². The number of hydrogen-bond acceptors (Lipinski definition) is 4. The molecule has 1 unspecified atom stereocenters.